The van der Waals surface area contributed by atoms with Gasteiger partial charge in [-0.3, -0.25) is 4.79 Å². The Bertz CT molecular complexity index is 733. The molecule has 1 aromatic carbocycles. The lowest BCUT2D eigenvalue weighted by Crippen LogP contribution is -2.57. The fraction of sp³-hybridized carbons (Fsp3) is 0.545. The molecule has 140 valence electrons. The van der Waals surface area contributed by atoms with Gasteiger partial charge in [0, 0.05) is 12.8 Å². The maximum atomic E-state index is 13.1. The molecule has 0 radical (unpaired) electrons. The van der Waals surface area contributed by atoms with Gasteiger partial charge in [-0.1, -0.05) is 49.8 Å². The van der Waals surface area contributed by atoms with E-state index in [1.54, 1.807) is 6.92 Å². The molecule has 4 heteroatoms. The van der Waals surface area contributed by atoms with E-state index in [1.807, 2.05) is 24.3 Å². The lowest BCUT2D eigenvalue weighted by Gasteiger charge is -2.28. The smallest absolute Gasteiger partial charge is 0.332 e. The minimum Gasteiger partial charge on any atom is -0.464 e. The summed E-state index contributed by atoms with van der Waals surface area (Å²) in [7, 11) is 0. The van der Waals surface area contributed by atoms with Crippen molar-refractivity contribution in [2.24, 2.45) is 17.3 Å². The number of allylic oxidation sites excluding steroid dienone is 2. The molecule has 0 heterocycles. The molecule has 2 aliphatic rings. The van der Waals surface area contributed by atoms with Crippen LogP contribution in [0.1, 0.15) is 45.7 Å². The highest BCUT2D eigenvalue weighted by Crippen LogP contribution is 2.59. The summed E-state index contributed by atoms with van der Waals surface area (Å²) in [5.41, 5.74) is 2.37. The number of esters is 1. The number of ether oxygens (including phenoxy) is 1. The number of hydrogen-bond donors (Lipinski definition) is 1. The third kappa shape index (κ3) is 3.17. The molecule has 0 saturated heterocycles. The molecule has 1 saturated carbocycles. The van der Waals surface area contributed by atoms with Crippen LogP contribution in [0.3, 0.4) is 0 Å². The number of nitrogens with one attached hydrogen (secondary N) is 1. The third-order valence-corrected chi connectivity index (χ3v) is 5.84. The van der Waals surface area contributed by atoms with Crippen molar-refractivity contribution in [2.75, 3.05) is 6.61 Å². The second kappa shape index (κ2) is 6.57. The van der Waals surface area contributed by atoms with Crippen LogP contribution in [0.5, 0.6) is 0 Å². The van der Waals surface area contributed by atoms with Crippen LogP contribution in [0, 0.1) is 17.3 Å². The van der Waals surface area contributed by atoms with E-state index in [9.17, 15) is 9.59 Å². The molecule has 26 heavy (non-hydrogen) atoms. The number of fused-ring (bicyclic) bond motifs is 1. The number of benzene rings is 1. The highest BCUT2D eigenvalue weighted by molar-refractivity contribution is 5.92. The van der Waals surface area contributed by atoms with E-state index < -0.39 is 5.54 Å². The number of carbonyl (C=O) groups is 2. The van der Waals surface area contributed by atoms with E-state index in [0.717, 1.165) is 11.1 Å². The maximum absolute atomic E-state index is 13.1. The summed E-state index contributed by atoms with van der Waals surface area (Å²) in [6.45, 7) is 10.4. The Morgan fingerprint density at radius 3 is 2.27 bits per heavy atom. The molecule has 1 N–H and O–H groups in total. The van der Waals surface area contributed by atoms with Crippen LogP contribution in [-0.4, -0.2) is 24.0 Å². The molecule has 0 aromatic heterocycles. The number of rotatable bonds is 5. The lowest BCUT2D eigenvalue weighted by atomic mass is 9.94. The number of carbonyl (C=O) groups excluding carboxylic acids is 2. The van der Waals surface area contributed by atoms with E-state index >= 15 is 0 Å². The molecule has 0 aliphatic heterocycles. The average molecular weight is 355 g/mol. The Kier molecular flexibility index (Phi) is 4.72. The van der Waals surface area contributed by atoms with Gasteiger partial charge < -0.3 is 10.1 Å². The largest absolute Gasteiger partial charge is 0.464 e. The zero-order chi connectivity index (χ0) is 19.1. The Labute approximate surface area is 156 Å². The van der Waals surface area contributed by atoms with E-state index in [1.165, 1.54) is 5.57 Å². The summed E-state index contributed by atoms with van der Waals surface area (Å²) in [4.78, 5) is 25.9. The Morgan fingerprint density at radius 2 is 1.77 bits per heavy atom. The molecule has 1 aromatic rings. The Balaban J connectivity index is 1.83. The molecule has 0 spiro atoms. The fourth-order valence-corrected chi connectivity index (χ4v) is 4.33. The van der Waals surface area contributed by atoms with Crippen molar-refractivity contribution in [1.29, 1.82) is 0 Å². The SMILES string of the molecule is CCOC(=O)C1(NC(=O)[C@H]2[C@H](C=C(C)C)C2(C)C)Cc2ccccc2C1. The first-order valence-electron chi connectivity index (χ1n) is 9.42. The summed E-state index contributed by atoms with van der Waals surface area (Å²) in [6.07, 6.45) is 3.16. The van der Waals surface area contributed by atoms with Crippen LogP contribution in [0.25, 0.3) is 0 Å². The van der Waals surface area contributed by atoms with Gasteiger partial charge in [0.25, 0.3) is 0 Å². The molecule has 3 rings (SSSR count). The molecule has 4 nitrogen and oxygen atoms in total. The van der Waals surface area contributed by atoms with E-state index in [2.05, 4.69) is 39.1 Å². The Morgan fingerprint density at radius 1 is 1.19 bits per heavy atom. The molecule has 0 unspecified atom stereocenters. The monoisotopic (exact) mass is 355 g/mol. The van der Waals surface area contributed by atoms with Gasteiger partial charge in [-0.05, 0) is 43.2 Å². The van der Waals surface area contributed by atoms with Crippen LogP contribution in [0.2, 0.25) is 0 Å². The van der Waals surface area contributed by atoms with Gasteiger partial charge in [-0.15, -0.1) is 0 Å². The van der Waals surface area contributed by atoms with E-state index in [-0.39, 0.29) is 29.1 Å². The normalized spacial score (nSPS) is 24.3. The van der Waals surface area contributed by atoms with E-state index in [0.29, 0.717) is 19.4 Å². The number of amides is 1. The van der Waals surface area contributed by atoms with Crippen molar-refractivity contribution in [3.05, 3.63) is 47.0 Å². The van der Waals surface area contributed by atoms with E-state index in [4.69, 9.17) is 4.74 Å². The van der Waals surface area contributed by atoms with Crippen LogP contribution < -0.4 is 5.32 Å². The molecule has 0 bridgehead atoms. The quantitative estimate of drug-likeness (QED) is 0.650. The van der Waals surface area contributed by atoms with Crippen molar-refractivity contribution in [3.63, 3.8) is 0 Å². The fourth-order valence-electron chi connectivity index (χ4n) is 4.33. The summed E-state index contributed by atoms with van der Waals surface area (Å²) in [6, 6.07) is 7.98. The molecule has 2 aliphatic carbocycles. The van der Waals surface area contributed by atoms with Gasteiger partial charge in [-0.2, -0.15) is 0 Å². The molecule has 2 atom stereocenters. The standard InChI is InChI=1S/C22H29NO3/c1-6-26-20(25)22(12-15-9-7-8-10-16(15)13-22)23-19(24)18-17(11-14(2)3)21(18,4)5/h7-11,17-18H,6,12-13H2,1-5H3,(H,23,24)/t17-,18+/m0/s1. The van der Waals surface area contributed by atoms with Crippen LogP contribution in [0.15, 0.2) is 35.9 Å². The number of hydrogen-bond acceptors (Lipinski definition) is 3. The molecule has 1 fully saturated rings. The molecular formula is C22H29NO3. The van der Waals surface area contributed by atoms with Crippen LogP contribution in [-0.2, 0) is 27.2 Å². The van der Waals surface area contributed by atoms with Crippen LogP contribution in [0.4, 0.5) is 0 Å². The van der Waals surface area contributed by atoms with Crippen molar-refractivity contribution in [3.8, 4) is 0 Å². The van der Waals surface area contributed by atoms with Gasteiger partial charge in [0.15, 0.2) is 0 Å². The summed E-state index contributed by atoms with van der Waals surface area (Å²) >= 11 is 0. The summed E-state index contributed by atoms with van der Waals surface area (Å²) in [5, 5.41) is 3.10. The van der Waals surface area contributed by atoms with Gasteiger partial charge in [0.1, 0.15) is 5.54 Å². The highest BCUT2D eigenvalue weighted by atomic mass is 16.5. The second-order valence-corrected chi connectivity index (χ2v) is 8.48. The maximum Gasteiger partial charge on any atom is 0.332 e. The average Bonchev–Trinajstić information content (AvgIpc) is 2.91. The summed E-state index contributed by atoms with van der Waals surface area (Å²) < 4.78 is 5.34. The first-order chi connectivity index (χ1) is 12.2. The minimum atomic E-state index is -0.981. The van der Waals surface area contributed by atoms with Gasteiger partial charge >= 0.3 is 5.97 Å². The summed E-state index contributed by atoms with van der Waals surface area (Å²) in [5.74, 6) is -0.261. The molecular weight excluding hydrogens is 326 g/mol. The Hall–Kier alpha value is -2.10. The predicted octanol–water partition coefficient (Wildman–Crippen LogP) is 3.44. The zero-order valence-electron chi connectivity index (χ0n) is 16.4. The van der Waals surface area contributed by atoms with Gasteiger partial charge in [0.05, 0.1) is 12.5 Å². The topological polar surface area (TPSA) is 55.4 Å². The first kappa shape index (κ1) is 18.7. The molecule has 1 amide bonds. The first-order valence-corrected chi connectivity index (χ1v) is 9.42. The van der Waals surface area contributed by atoms with Gasteiger partial charge in [0.2, 0.25) is 5.91 Å². The predicted molar refractivity (Wildman–Crippen MR) is 102 cm³/mol. The lowest BCUT2D eigenvalue weighted by molar-refractivity contribution is -0.153. The van der Waals surface area contributed by atoms with Crippen LogP contribution >= 0.6 is 0 Å². The highest BCUT2D eigenvalue weighted by Gasteiger charge is 2.61. The van der Waals surface area contributed by atoms with Crippen molar-refractivity contribution < 1.29 is 14.3 Å². The third-order valence-electron chi connectivity index (χ3n) is 5.84. The minimum absolute atomic E-state index is 0.0432. The van der Waals surface area contributed by atoms with Gasteiger partial charge in [-0.25, -0.2) is 4.79 Å². The zero-order valence-corrected chi connectivity index (χ0v) is 16.4. The van der Waals surface area contributed by atoms with Crippen molar-refractivity contribution >= 4 is 11.9 Å². The second-order valence-electron chi connectivity index (χ2n) is 8.48. The van der Waals surface area contributed by atoms with Crippen molar-refractivity contribution in [2.45, 2.75) is 53.0 Å². The van der Waals surface area contributed by atoms with Crippen molar-refractivity contribution in [1.82, 2.24) is 5.32 Å².